The van der Waals surface area contributed by atoms with E-state index in [4.69, 9.17) is 19.2 Å². The maximum atomic E-state index is 14.2. The molecule has 1 atom stereocenters. The number of fused-ring (bicyclic) bond motifs is 1. The second-order valence-electron chi connectivity index (χ2n) is 11.0. The molecule has 5 aromatic rings. The topological polar surface area (TPSA) is 91.2 Å². The van der Waals surface area contributed by atoms with Crippen LogP contribution in [0.3, 0.4) is 0 Å². The lowest BCUT2D eigenvalue weighted by atomic mass is 9.95. The molecule has 8 nitrogen and oxygen atoms in total. The number of thiazole rings is 1. The van der Waals surface area contributed by atoms with E-state index in [0.717, 1.165) is 21.2 Å². The van der Waals surface area contributed by atoms with Gasteiger partial charge in [0.2, 0.25) is 0 Å². The second-order valence-corrected chi connectivity index (χ2v) is 12.9. The first-order valence-corrected chi connectivity index (χ1v) is 17.2. The third-order valence-corrected chi connectivity index (χ3v) is 9.19. The van der Waals surface area contributed by atoms with E-state index in [-0.39, 0.29) is 11.5 Å². The average molecular weight is 725 g/mol. The number of halogens is 1. The van der Waals surface area contributed by atoms with Crippen molar-refractivity contribution >= 4 is 44.9 Å². The van der Waals surface area contributed by atoms with Crippen molar-refractivity contribution in [3.63, 3.8) is 0 Å². The lowest BCUT2D eigenvalue weighted by Gasteiger charge is -2.25. The van der Waals surface area contributed by atoms with Crippen molar-refractivity contribution in [2.24, 2.45) is 4.99 Å². The molecule has 0 saturated carbocycles. The third-order valence-electron chi connectivity index (χ3n) is 7.68. The van der Waals surface area contributed by atoms with Crippen molar-refractivity contribution in [2.45, 2.75) is 33.4 Å². The zero-order chi connectivity index (χ0) is 33.6. The van der Waals surface area contributed by atoms with Crippen LogP contribution in [0.5, 0.6) is 17.2 Å². The molecule has 0 saturated heterocycles. The smallest absolute Gasteiger partial charge is 0.271 e. The Morgan fingerprint density at radius 1 is 0.917 bits per heavy atom. The molecule has 0 aliphatic carbocycles. The number of nitrogens with one attached hydrogen (secondary N) is 1. The van der Waals surface area contributed by atoms with Gasteiger partial charge >= 0.3 is 0 Å². The van der Waals surface area contributed by atoms with Crippen LogP contribution in [0.25, 0.3) is 6.08 Å². The highest BCUT2D eigenvalue weighted by atomic mass is 79.9. The van der Waals surface area contributed by atoms with Gasteiger partial charge in [-0.25, -0.2) is 4.99 Å². The molecule has 0 bridgehead atoms. The summed E-state index contributed by atoms with van der Waals surface area (Å²) in [5.41, 5.74) is 3.91. The van der Waals surface area contributed by atoms with Crippen LogP contribution < -0.4 is 34.4 Å². The van der Waals surface area contributed by atoms with E-state index in [9.17, 15) is 9.59 Å². The minimum atomic E-state index is -0.698. The van der Waals surface area contributed by atoms with Gasteiger partial charge < -0.3 is 19.5 Å². The molecule has 1 amide bonds. The Balaban J connectivity index is 1.38. The number of rotatable bonds is 11. The van der Waals surface area contributed by atoms with Crippen molar-refractivity contribution in [1.82, 2.24) is 4.57 Å². The maximum Gasteiger partial charge on any atom is 0.271 e. The summed E-state index contributed by atoms with van der Waals surface area (Å²) in [4.78, 5) is 33.3. The zero-order valence-corrected chi connectivity index (χ0v) is 29.1. The van der Waals surface area contributed by atoms with Gasteiger partial charge in [0, 0.05) is 10.2 Å². The Kier molecular flexibility index (Phi) is 10.2. The number of carbonyl (C=O) groups is 1. The predicted octanol–water partition coefficient (Wildman–Crippen LogP) is 7.01. The number of nitrogens with zero attached hydrogens (tertiary/aromatic N) is 2. The fourth-order valence-electron chi connectivity index (χ4n) is 5.46. The van der Waals surface area contributed by atoms with Crippen LogP contribution in [0.4, 0.5) is 5.69 Å². The summed E-state index contributed by atoms with van der Waals surface area (Å²) in [7, 11) is 0. The lowest BCUT2D eigenvalue weighted by molar-refractivity contribution is -0.113. The fourth-order valence-corrected chi connectivity index (χ4v) is 6.77. The van der Waals surface area contributed by atoms with E-state index in [1.165, 1.54) is 11.3 Å². The zero-order valence-electron chi connectivity index (χ0n) is 26.7. The maximum absolute atomic E-state index is 14.2. The molecule has 1 N–H and O–H groups in total. The minimum Gasteiger partial charge on any atom is -0.494 e. The number of hydrogen-bond acceptors (Lipinski definition) is 7. The van der Waals surface area contributed by atoms with Gasteiger partial charge in [0.15, 0.2) is 16.3 Å². The number of carbonyl (C=O) groups excluding carboxylic acids is 1. The molecule has 0 radical (unpaired) electrons. The van der Waals surface area contributed by atoms with E-state index in [1.54, 1.807) is 11.5 Å². The van der Waals surface area contributed by atoms with Crippen molar-refractivity contribution in [1.29, 1.82) is 0 Å². The van der Waals surface area contributed by atoms with Crippen molar-refractivity contribution < 1.29 is 19.0 Å². The van der Waals surface area contributed by atoms with Gasteiger partial charge in [0.25, 0.3) is 11.5 Å². The average Bonchev–Trinajstić information content (AvgIpc) is 3.39. The van der Waals surface area contributed by atoms with E-state index in [2.05, 4.69) is 21.2 Å². The SMILES string of the molecule is CCOc1ccc([C@@H]2C(C(=O)Nc3ccccc3)=C(C)N=c3s/c(=C\c4ccc(OCc5ccc(Br)cc5)c(OCC)c4)c(=O)n32)cc1. The van der Waals surface area contributed by atoms with Gasteiger partial charge in [-0.05, 0) is 92.1 Å². The molecule has 0 fully saturated rings. The van der Waals surface area contributed by atoms with Crippen molar-refractivity contribution in [2.75, 3.05) is 18.5 Å². The standard InChI is InChI=1S/C38H34BrN3O5S/c1-4-45-30-18-14-27(15-19-30)35-34(36(43)41-29-9-7-6-8-10-29)24(3)40-38-42(35)37(44)33(48-38)22-26-13-20-31(32(21-26)46-5-2)47-23-25-11-16-28(39)17-12-25/h6-22,35H,4-5,23H2,1-3H3,(H,41,43)/b33-22-/t35-/m1/s1. The summed E-state index contributed by atoms with van der Waals surface area (Å²) in [6.07, 6.45) is 1.82. The summed E-state index contributed by atoms with van der Waals surface area (Å²) >= 11 is 4.74. The highest BCUT2D eigenvalue weighted by Gasteiger charge is 2.32. The summed E-state index contributed by atoms with van der Waals surface area (Å²) in [6.45, 7) is 7.01. The number of allylic oxidation sites excluding steroid dienone is 1. The first-order chi connectivity index (χ1) is 23.3. The number of aromatic nitrogens is 1. The van der Waals surface area contributed by atoms with Gasteiger partial charge in [0.1, 0.15) is 12.4 Å². The quantitative estimate of drug-likeness (QED) is 0.158. The molecule has 48 heavy (non-hydrogen) atoms. The summed E-state index contributed by atoms with van der Waals surface area (Å²) in [5, 5.41) is 2.99. The molecule has 1 aliphatic rings. The van der Waals surface area contributed by atoms with Crippen LogP contribution in [-0.2, 0) is 11.4 Å². The number of para-hydroxylation sites is 1. The number of benzene rings is 4. The van der Waals surface area contributed by atoms with Gasteiger partial charge in [-0.2, -0.15) is 0 Å². The number of ether oxygens (including phenoxy) is 3. The molecule has 0 spiro atoms. The molecule has 0 unspecified atom stereocenters. The molecule has 1 aliphatic heterocycles. The Hall–Kier alpha value is -4.93. The molecule has 10 heteroatoms. The molecule has 244 valence electrons. The fraction of sp³-hybridized carbons (Fsp3) is 0.184. The molecule has 1 aromatic heterocycles. The first-order valence-electron chi connectivity index (χ1n) is 15.6. The molecule has 2 heterocycles. The normalized spacial score (nSPS) is 14.2. The predicted molar refractivity (Wildman–Crippen MR) is 193 cm³/mol. The molecular weight excluding hydrogens is 690 g/mol. The van der Waals surface area contributed by atoms with Crippen LogP contribution in [0.1, 0.15) is 43.5 Å². The number of hydrogen-bond donors (Lipinski definition) is 1. The monoisotopic (exact) mass is 723 g/mol. The van der Waals surface area contributed by atoms with Gasteiger partial charge in [-0.15, -0.1) is 0 Å². The van der Waals surface area contributed by atoms with Crippen LogP contribution in [0.15, 0.2) is 123 Å². The second kappa shape index (κ2) is 14.9. The summed E-state index contributed by atoms with van der Waals surface area (Å²) in [5.74, 6) is 1.58. The van der Waals surface area contributed by atoms with Gasteiger partial charge in [0.05, 0.1) is 35.1 Å². The van der Waals surface area contributed by atoms with Crippen molar-refractivity contribution in [3.05, 3.63) is 149 Å². The Morgan fingerprint density at radius 2 is 1.65 bits per heavy atom. The summed E-state index contributed by atoms with van der Waals surface area (Å²) in [6, 6.07) is 29.6. The summed E-state index contributed by atoms with van der Waals surface area (Å²) < 4.78 is 20.8. The van der Waals surface area contributed by atoms with Crippen LogP contribution in [-0.4, -0.2) is 23.7 Å². The third kappa shape index (κ3) is 7.30. The van der Waals surface area contributed by atoms with Gasteiger partial charge in [-0.3, -0.25) is 14.2 Å². The lowest BCUT2D eigenvalue weighted by Crippen LogP contribution is -2.40. The van der Waals surface area contributed by atoms with E-state index >= 15 is 0 Å². The minimum absolute atomic E-state index is 0.247. The number of amides is 1. The highest BCUT2D eigenvalue weighted by molar-refractivity contribution is 9.10. The van der Waals surface area contributed by atoms with E-state index in [0.29, 0.717) is 63.4 Å². The van der Waals surface area contributed by atoms with E-state index in [1.807, 2.05) is 117 Å². The van der Waals surface area contributed by atoms with E-state index < -0.39 is 6.04 Å². The van der Waals surface area contributed by atoms with Crippen LogP contribution in [0.2, 0.25) is 0 Å². The number of anilines is 1. The highest BCUT2D eigenvalue weighted by Crippen LogP contribution is 2.32. The van der Waals surface area contributed by atoms with Crippen LogP contribution >= 0.6 is 27.3 Å². The Morgan fingerprint density at radius 3 is 2.35 bits per heavy atom. The Labute approximate surface area is 290 Å². The Bertz CT molecular complexity index is 2140. The van der Waals surface area contributed by atoms with Crippen LogP contribution in [0, 0.1) is 0 Å². The largest absolute Gasteiger partial charge is 0.494 e. The van der Waals surface area contributed by atoms with Gasteiger partial charge in [-0.1, -0.05) is 75.8 Å². The first kappa shape index (κ1) is 33.0. The molecular formula is C38H34BrN3O5S. The molecule has 6 rings (SSSR count). The molecule has 4 aromatic carbocycles. The van der Waals surface area contributed by atoms with Crippen molar-refractivity contribution in [3.8, 4) is 17.2 Å².